The molecule has 3 saturated heterocycles. The zero-order valence-electron chi connectivity index (χ0n) is 60.1. The number of sulfonamides is 1. The third kappa shape index (κ3) is 14.8. The number of methoxy groups -OCH3 is 2. The molecule has 0 unspecified atom stereocenters. The molecule has 2 atom stereocenters. The number of carbonyl (C=O) groups is 4. The number of amides is 3. The van der Waals surface area contributed by atoms with Crippen molar-refractivity contribution in [3.63, 3.8) is 0 Å². The smallest absolute Gasteiger partial charge is 0.459 e. The molecular formula is C73H91F9N10O11S2. The Morgan fingerprint density at radius 3 is 1.59 bits per heavy atom. The SMILES string of the molecule is CC(=O)c1ccc2n1CCN(C)C21CCN(C(=O)c2ccc(S(=O)(=O)C(C)C)c(C)c2)CC1.CN1CCn2c(C(F)(F)F)ccc2[C@]12CCN(C(=O)c1ccc(S(=O)(=O)NC3CC3)cc1)C[C@H]2F.COCCOc1ccc(C(=O)N2CCC3(CC2)c2ccc(C(F)(F)C(F)(F)F)n2CCN3C)cc1OC.[HH]. The number of aromatic nitrogens is 3. The lowest BCUT2D eigenvalue weighted by atomic mass is 9.79. The second-order valence-corrected chi connectivity index (χ2v) is 32.6. The summed E-state index contributed by atoms with van der Waals surface area (Å²) in [5, 5.41) is -0.508. The highest BCUT2D eigenvalue weighted by molar-refractivity contribution is 7.92. The van der Waals surface area contributed by atoms with Crippen LogP contribution in [0.25, 0.3) is 0 Å². The van der Waals surface area contributed by atoms with E-state index in [2.05, 4.69) is 27.3 Å². The number of carbonyl (C=O) groups excluding carboxylic acids is 4. The van der Waals surface area contributed by atoms with E-state index >= 15 is 4.39 Å². The topological polar surface area (TPSA) is 211 Å². The van der Waals surface area contributed by atoms with Gasteiger partial charge >= 0.3 is 18.3 Å². The average molecular weight is 1520 g/mol. The Bertz CT molecular complexity index is 4470. The summed E-state index contributed by atoms with van der Waals surface area (Å²) < 4.78 is 197. The normalized spacial score (nSPS) is 20.8. The van der Waals surface area contributed by atoms with Gasteiger partial charge in [-0.25, -0.2) is 25.9 Å². The van der Waals surface area contributed by atoms with Gasteiger partial charge in [-0.15, -0.1) is 0 Å². The summed E-state index contributed by atoms with van der Waals surface area (Å²) in [6.07, 6.45) is -7.73. The van der Waals surface area contributed by atoms with Crippen LogP contribution in [-0.4, -0.2) is 215 Å². The zero-order chi connectivity index (χ0) is 76.3. The molecule has 3 aromatic heterocycles. The van der Waals surface area contributed by atoms with E-state index in [1.54, 1.807) is 88.1 Å². The highest BCUT2D eigenvalue weighted by atomic mass is 32.2. The first-order chi connectivity index (χ1) is 49.4. The van der Waals surface area contributed by atoms with Gasteiger partial charge in [0.1, 0.15) is 18.5 Å². The van der Waals surface area contributed by atoms with E-state index in [0.29, 0.717) is 92.7 Å². The number of rotatable bonds is 15. The van der Waals surface area contributed by atoms with Crippen LogP contribution < -0.4 is 14.2 Å². The maximum Gasteiger partial charge on any atom is 0.459 e. The van der Waals surface area contributed by atoms with E-state index < -0.39 is 77.9 Å². The van der Waals surface area contributed by atoms with Crippen LogP contribution in [0.1, 0.15) is 143 Å². The minimum Gasteiger partial charge on any atom is -0.493 e. The third-order valence-corrected chi connectivity index (χ3v) is 26.0. The molecule has 105 heavy (non-hydrogen) atoms. The Labute approximate surface area is 606 Å². The van der Waals surface area contributed by atoms with E-state index in [1.165, 1.54) is 48.4 Å². The number of likely N-dealkylation sites (N-methyl/N-ethyl adjacent to an activating group) is 3. The summed E-state index contributed by atoms with van der Waals surface area (Å²) in [6.45, 7) is 11.5. The third-order valence-electron chi connectivity index (χ3n) is 22.1. The van der Waals surface area contributed by atoms with Crippen molar-refractivity contribution >= 4 is 43.4 Å². The summed E-state index contributed by atoms with van der Waals surface area (Å²) in [5.41, 5.74) is 0.327. The number of nitrogens with zero attached hydrogens (tertiary/aromatic N) is 9. The van der Waals surface area contributed by atoms with Crippen molar-refractivity contribution in [1.82, 2.24) is 47.8 Å². The minimum atomic E-state index is -5.68. The van der Waals surface area contributed by atoms with Gasteiger partial charge in [0.15, 0.2) is 27.1 Å². The first-order valence-corrected chi connectivity index (χ1v) is 38.0. The molecule has 574 valence electrons. The number of hydrogen-bond donors (Lipinski definition) is 1. The number of nitrogens with one attached hydrogen (secondary N) is 1. The molecule has 0 bridgehead atoms. The standard InChI is InChI=1S/C25H30F5N3O4.C25H33N3O4S.C23H26F4N4O3S.H2/c1-31-12-13-33-20(6-7-21(33)24(26,27)25(28,29)30)23(31)8-10-32(11-9-23)22(34)17-4-5-18(19(16-17)36-3)37-15-14-35-2;1-17(2)33(31,32)22-8-6-20(16-18(22)3)24(30)27-12-10-25(11-13-27)23-9-7-21(19(4)29)28(23)15-14-26(25)5;1-29-12-13-31-19(8-9-20(31)23(25,26)27)22(29)10-11-30(14-18(22)24)21(32)15-2-6-17(7-3-15)35(33,34)28-16-4-5-16;/h4-7,16H,8-15H2,1-3H3;6-9,16-17H,10-15H2,1-5H3;2-3,6-9,16,18,28H,4-5,10-14H2,1H3;1H/t;;18-,22-;/m..1./s1. The predicted octanol–water partition coefficient (Wildman–Crippen LogP) is 10.7. The van der Waals surface area contributed by atoms with Crippen molar-refractivity contribution in [3.8, 4) is 11.5 Å². The van der Waals surface area contributed by atoms with Crippen LogP contribution >= 0.6 is 0 Å². The van der Waals surface area contributed by atoms with Gasteiger partial charge in [-0.2, -0.15) is 35.1 Å². The number of hydrogen-bond acceptors (Lipinski definition) is 14. The maximum atomic E-state index is 15.8. The number of Topliss-reactive ketones (excluding diaryl/α,β-unsaturated/α-hetero) is 1. The van der Waals surface area contributed by atoms with Gasteiger partial charge < -0.3 is 42.6 Å². The van der Waals surface area contributed by atoms with Crippen LogP contribution in [0.3, 0.4) is 0 Å². The van der Waals surface area contributed by atoms with E-state index in [0.717, 1.165) is 71.4 Å². The van der Waals surface area contributed by atoms with Crippen molar-refractivity contribution in [1.29, 1.82) is 0 Å². The van der Waals surface area contributed by atoms with Crippen LogP contribution in [0.4, 0.5) is 39.5 Å². The second kappa shape index (κ2) is 29.8. The van der Waals surface area contributed by atoms with Gasteiger partial charge in [-0.1, -0.05) is 0 Å². The number of sulfone groups is 1. The Morgan fingerprint density at radius 2 is 1.07 bits per heavy atom. The first kappa shape index (κ1) is 78.3. The molecule has 0 radical (unpaired) electrons. The van der Waals surface area contributed by atoms with Gasteiger partial charge in [0.2, 0.25) is 10.0 Å². The van der Waals surface area contributed by atoms with Crippen molar-refractivity contribution < 1.29 is 91.2 Å². The van der Waals surface area contributed by atoms with Crippen LogP contribution in [0, 0.1) is 6.92 Å². The molecule has 6 aliphatic heterocycles. The molecule has 1 saturated carbocycles. The fourth-order valence-corrected chi connectivity index (χ4v) is 18.4. The fraction of sp³-hybridized carbons (Fsp3) is 0.534. The first-order valence-electron chi connectivity index (χ1n) is 34.9. The zero-order valence-corrected chi connectivity index (χ0v) is 61.7. The van der Waals surface area contributed by atoms with Crippen molar-refractivity contribution in [3.05, 3.63) is 153 Å². The number of alkyl halides is 9. The van der Waals surface area contributed by atoms with Gasteiger partial charge in [-0.3, -0.25) is 33.9 Å². The second-order valence-electron chi connectivity index (χ2n) is 28.4. The van der Waals surface area contributed by atoms with E-state index in [4.69, 9.17) is 14.2 Å². The highest BCUT2D eigenvalue weighted by Crippen LogP contribution is 2.50. The Kier molecular flexibility index (Phi) is 22.2. The molecule has 13 rings (SSSR count). The fourth-order valence-electron chi connectivity index (χ4n) is 15.8. The molecule has 1 aliphatic carbocycles. The van der Waals surface area contributed by atoms with Crippen LogP contribution in [0.2, 0.25) is 0 Å². The number of ketones is 1. The van der Waals surface area contributed by atoms with Gasteiger partial charge in [0.05, 0.1) is 63.3 Å². The lowest BCUT2D eigenvalue weighted by Crippen LogP contribution is -2.63. The minimum absolute atomic E-state index is 0. The summed E-state index contributed by atoms with van der Waals surface area (Å²) in [5.74, 6) is -4.74. The van der Waals surface area contributed by atoms with Gasteiger partial charge in [-0.05, 0) is 189 Å². The molecule has 4 fully saturated rings. The lowest BCUT2D eigenvalue weighted by molar-refractivity contribution is -0.292. The molecule has 3 spiro atoms. The van der Waals surface area contributed by atoms with Crippen LogP contribution in [0.5, 0.6) is 11.5 Å². The van der Waals surface area contributed by atoms with E-state index in [-0.39, 0.29) is 90.8 Å². The highest BCUT2D eigenvalue weighted by Gasteiger charge is 2.62. The summed E-state index contributed by atoms with van der Waals surface area (Å²) in [6, 6.07) is 23.8. The molecule has 3 amide bonds. The van der Waals surface area contributed by atoms with Crippen molar-refractivity contribution in [2.45, 2.75) is 154 Å². The summed E-state index contributed by atoms with van der Waals surface area (Å²) in [4.78, 5) is 62.9. The molecule has 1 N–H and O–H groups in total. The molecule has 6 aromatic rings. The quantitative estimate of drug-likeness (QED) is 0.0576. The lowest BCUT2D eigenvalue weighted by Gasteiger charge is -2.52. The molecular weight excluding hydrogens is 1430 g/mol. The van der Waals surface area contributed by atoms with Gasteiger partial charge in [0, 0.05) is 127 Å². The summed E-state index contributed by atoms with van der Waals surface area (Å²) in [7, 11) is 1.64. The van der Waals surface area contributed by atoms with E-state index in [1.807, 2.05) is 22.9 Å². The average Bonchev–Trinajstić information content (AvgIpc) is 1.54. The van der Waals surface area contributed by atoms with Crippen LogP contribution in [-0.2, 0) is 72.9 Å². The number of aryl methyl sites for hydroxylation is 1. The van der Waals surface area contributed by atoms with Crippen molar-refractivity contribution in [2.24, 2.45) is 0 Å². The molecule has 21 nitrogen and oxygen atoms in total. The Balaban J connectivity index is 0.000000170. The molecule has 7 aliphatic rings. The number of ether oxygens (including phenoxy) is 3. The summed E-state index contributed by atoms with van der Waals surface area (Å²) >= 11 is 0. The number of halogens is 9. The van der Waals surface area contributed by atoms with Gasteiger partial charge in [0.25, 0.3) is 17.7 Å². The number of benzene rings is 3. The number of piperidine rings is 3. The number of fused-ring (bicyclic) bond motifs is 6. The van der Waals surface area contributed by atoms with Crippen LogP contribution in [0.15, 0.2) is 107 Å². The number of likely N-dealkylation sites (tertiary alicyclic amines) is 3. The Morgan fingerprint density at radius 1 is 0.571 bits per heavy atom. The molecule has 3 aromatic carbocycles. The monoisotopic (exact) mass is 1520 g/mol. The molecule has 32 heteroatoms. The Hall–Kier alpha value is -7.75. The van der Waals surface area contributed by atoms with Crippen molar-refractivity contribution in [2.75, 3.05) is 107 Å². The maximum absolute atomic E-state index is 15.8. The predicted molar refractivity (Wildman–Crippen MR) is 373 cm³/mol. The molecule has 9 heterocycles. The largest absolute Gasteiger partial charge is 0.493 e. The van der Waals surface area contributed by atoms with E-state index in [9.17, 15) is 71.1 Å².